The van der Waals surface area contributed by atoms with Gasteiger partial charge in [-0.2, -0.15) is 0 Å². The lowest BCUT2D eigenvalue weighted by molar-refractivity contribution is -0.123. The van der Waals surface area contributed by atoms with E-state index >= 15 is 0 Å². The van der Waals surface area contributed by atoms with Crippen molar-refractivity contribution in [1.82, 2.24) is 31.1 Å². The Balaban J connectivity index is 4.88. The number of nitrogens with one attached hydrogen (secondary N) is 4. The van der Waals surface area contributed by atoms with Gasteiger partial charge in [0, 0.05) is 78.0 Å². The fourth-order valence-corrected chi connectivity index (χ4v) is 3.64. The van der Waals surface area contributed by atoms with Crippen molar-refractivity contribution in [3.05, 3.63) is 0 Å². The lowest BCUT2D eigenvalue weighted by atomic mass is 10.2. The third kappa shape index (κ3) is 21.6. The number of carbonyl (C=O) groups is 4. The molecule has 0 atom stereocenters. The molecule has 0 saturated carbocycles. The zero-order valence-corrected chi connectivity index (χ0v) is 24.0. The van der Waals surface area contributed by atoms with E-state index in [1.54, 1.807) is 0 Å². The van der Waals surface area contributed by atoms with Crippen LogP contribution < -0.4 is 21.3 Å². The number of carbonyl (C=O) groups excluding carboxylic acids is 4. The van der Waals surface area contributed by atoms with Gasteiger partial charge in [-0.15, -0.1) is 0 Å². The summed E-state index contributed by atoms with van der Waals surface area (Å²) in [5.41, 5.74) is 0. The molecule has 0 spiro atoms. The summed E-state index contributed by atoms with van der Waals surface area (Å²) in [4.78, 5) is 52.8. The second-order valence-electron chi connectivity index (χ2n) is 9.44. The van der Waals surface area contributed by atoms with Crippen molar-refractivity contribution in [3.63, 3.8) is 0 Å². The molecule has 0 aliphatic carbocycles. The second-order valence-corrected chi connectivity index (χ2v) is 9.44. The Hall–Kier alpha value is -2.20. The molecular formula is C27H54N6O4. The summed E-state index contributed by atoms with van der Waals surface area (Å²) in [7, 11) is 0. The summed E-state index contributed by atoms with van der Waals surface area (Å²) in [5, 5.41) is 11.6. The van der Waals surface area contributed by atoms with Crippen LogP contribution >= 0.6 is 0 Å². The second kappa shape index (κ2) is 24.2. The average molecular weight is 527 g/mol. The van der Waals surface area contributed by atoms with Crippen molar-refractivity contribution < 1.29 is 19.2 Å². The van der Waals surface area contributed by atoms with Gasteiger partial charge in [0.05, 0.1) is 0 Å². The van der Waals surface area contributed by atoms with E-state index in [9.17, 15) is 19.2 Å². The molecule has 0 aromatic carbocycles. The molecule has 0 radical (unpaired) electrons. The monoisotopic (exact) mass is 526 g/mol. The first kappa shape index (κ1) is 34.8. The van der Waals surface area contributed by atoms with Crippen molar-refractivity contribution in [2.75, 3.05) is 65.4 Å². The molecule has 0 saturated heterocycles. The van der Waals surface area contributed by atoms with Gasteiger partial charge in [-0.3, -0.25) is 19.2 Å². The number of hydrogen-bond acceptors (Lipinski definition) is 6. The van der Waals surface area contributed by atoms with Crippen molar-refractivity contribution in [1.29, 1.82) is 0 Å². The topological polar surface area (TPSA) is 123 Å². The summed E-state index contributed by atoms with van der Waals surface area (Å²) in [5.74, 6) is 0.111. The zero-order chi connectivity index (χ0) is 27.7. The first-order valence-corrected chi connectivity index (χ1v) is 14.4. The number of rotatable bonds is 24. The van der Waals surface area contributed by atoms with Gasteiger partial charge in [-0.25, -0.2) is 0 Å². The number of amides is 4. The van der Waals surface area contributed by atoms with Crippen LogP contribution in [0.25, 0.3) is 0 Å². The van der Waals surface area contributed by atoms with E-state index < -0.39 is 0 Å². The summed E-state index contributed by atoms with van der Waals surface area (Å²) in [6.45, 7) is 14.6. The van der Waals surface area contributed by atoms with Crippen molar-refractivity contribution in [2.45, 2.75) is 85.5 Å². The van der Waals surface area contributed by atoms with Crippen LogP contribution in [-0.4, -0.2) is 98.9 Å². The van der Waals surface area contributed by atoms with Crippen LogP contribution in [0.1, 0.15) is 85.5 Å². The van der Waals surface area contributed by atoms with Gasteiger partial charge in [-0.05, 0) is 45.2 Å². The summed E-state index contributed by atoms with van der Waals surface area (Å²) < 4.78 is 0. The van der Waals surface area contributed by atoms with Gasteiger partial charge in [0.2, 0.25) is 23.6 Å². The highest BCUT2D eigenvalue weighted by molar-refractivity contribution is 5.77. The standard InChI is InChI=1S/C27H54N6O4/c1-5-14-28-24(34)10-20-32(21-11-25(35)29-15-6-2)18-9-19-33(22-12-26(36)30-16-7-3)23-13-27(37)31-17-8-4/h5-23H2,1-4H3,(H,28,34)(H,29,35)(H,30,36)(H,31,37). The predicted octanol–water partition coefficient (Wildman–Crippen LogP) is 1.65. The largest absolute Gasteiger partial charge is 0.356 e. The number of hydrogen-bond donors (Lipinski definition) is 4. The molecule has 0 aliphatic heterocycles. The number of nitrogens with zero attached hydrogens (tertiary/aromatic N) is 2. The highest BCUT2D eigenvalue weighted by atomic mass is 16.2. The minimum Gasteiger partial charge on any atom is -0.356 e. The van der Waals surface area contributed by atoms with Gasteiger partial charge in [0.25, 0.3) is 0 Å². The van der Waals surface area contributed by atoms with Crippen LogP contribution in [-0.2, 0) is 19.2 Å². The van der Waals surface area contributed by atoms with Crippen LogP contribution in [0.15, 0.2) is 0 Å². The molecule has 216 valence electrons. The molecule has 0 unspecified atom stereocenters. The highest BCUT2D eigenvalue weighted by Gasteiger charge is 2.14. The van der Waals surface area contributed by atoms with Gasteiger partial charge in [-0.1, -0.05) is 27.7 Å². The Morgan fingerprint density at radius 1 is 0.432 bits per heavy atom. The molecule has 4 N–H and O–H groups in total. The van der Waals surface area contributed by atoms with E-state index in [1.165, 1.54) is 0 Å². The lowest BCUT2D eigenvalue weighted by Gasteiger charge is -2.25. The Kier molecular flexibility index (Phi) is 22.7. The minimum absolute atomic E-state index is 0.0279. The summed E-state index contributed by atoms with van der Waals surface area (Å²) >= 11 is 0. The quantitative estimate of drug-likeness (QED) is 0.152. The molecule has 0 heterocycles. The summed E-state index contributed by atoms with van der Waals surface area (Å²) in [6, 6.07) is 0. The van der Waals surface area contributed by atoms with E-state index in [4.69, 9.17) is 0 Å². The normalized spacial score (nSPS) is 11.0. The molecule has 0 aliphatic rings. The lowest BCUT2D eigenvalue weighted by Crippen LogP contribution is -2.38. The first-order chi connectivity index (χ1) is 17.9. The molecule has 37 heavy (non-hydrogen) atoms. The molecule has 0 bridgehead atoms. The molecule has 10 heteroatoms. The van der Waals surface area contributed by atoms with Gasteiger partial charge < -0.3 is 31.1 Å². The van der Waals surface area contributed by atoms with E-state index in [1.807, 2.05) is 27.7 Å². The smallest absolute Gasteiger partial charge is 0.221 e. The van der Waals surface area contributed by atoms with Crippen molar-refractivity contribution in [2.24, 2.45) is 0 Å². The fraction of sp³-hybridized carbons (Fsp3) is 0.852. The molecular weight excluding hydrogens is 472 g/mol. The van der Waals surface area contributed by atoms with Gasteiger partial charge in [0.15, 0.2) is 0 Å². The maximum Gasteiger partial charge on any atom is 0.221 e. The van der Waals surface area contributed by atoms with E-state index in [2.05, 4.69) is 31.1 Å². The highest BCUT2D eigenvalue weighted by Crippen LogP contribution is 2.02. The third-order valence-corrected chi connectivity index (χ3v) is 5.86. The Morgan fingerprint density at radius 3 is 0.892 bits per heavy atom. The van der Waals surface area contributed by atoms with Crippen LogP contribution in [0.2, 0.25) is 0 Å². The maximum atomic E-state index is 12.1. The Morgan fingerprint density at radius 2 is 0.676 bits per heavy atom. The third-order valence-electron chi connectivity index (χ3n) is 5.86. The van der Waals surface area contributed by atoms with Crippen molar-refractivity contribution >= 4 is 23.6 Å². The molecule has 4 amide bonds. The van der Waals surface area contributed by atoms with E-state index in [-0.39, 0.29) is 23.6 Å². The van der Waals surface area contributed by atoms with Gasteiger partial charge in [0.1, 0.15) is 0 Å². The molecule has 0 aromatic rings. The maximum absolute atomic E-state index is 12.1. The van der Waals surface area contributed by atoms with E-state index in [0.29, 0.717) is 78.0 Å². The van der Waals surface area contributed by atoms with E-state index in [0.717, 1.165) is 45.2 Å². The SMILES string of the molecule is CCCNC(=O)CCN(CCCN(CCC(=O)NCCC)CCC(=O)NCCC)CCC(=O)NCCC. The molecule has 10 nitrogen and oxygen atoms in total. The van der Waals surface area contributed by atoms with Crippen molar-refractivity contribution in [3.8, 4) is 0 Å². The first-order valence-electron chi connectivity index (χ1n) is 14.4. The van der Waals surface area contributed by atoms with Crippen LogP contribution in [0.5, 0.6) is 0 Å². The molecule has 0 aromatic heterocycles. The molecule has 0 fully saturated rings. The van der Waals surface area contributed by atoms with Crippen LogP contribution in [0.3, 0.4) is 0 Å². The van der Waals surface area contributed by atoms with Crippen LogP contribution in [0.4, 0.5) is 0 Å². The fourth-order valence-electron chi connectivity index (χ4n) is 3.64. The Bertz CT molecular complexity index is 532. The minimum atomic E-state index is 0.0279. The predicted molar refractivity (Wildman–Crippen MR) is 149 cm³/mol. The van der Waals surface area contributed by atoms with Crippen LogP contribution in [0, 0.1) is 0 Å². The average Bonchev–Trinajstić information content (AvgIpc) is 2.90. The zero-order valence-electron chi connectivity index (χ0n) is 24.0. The Labute approximate surface area is 225 Å². The molecule has 0 rings (SSSR count). The summed E-state index contributed by atoms with van der Waals surface area (Å²) in [6.07, 6.45) is 6.01. The van der Waals surface area contributed by atoms with Gasteiger partial charge >= 0.3 is 0 Å².